The molecule has 3 N–H and O–H groups in total. The van der Waals surface area contributed by atoms with Gasteiger partial charge in [0.1, 0.15) is 0 Å². The predicted octanol–water partition coefficient (Wildman–Crippen LogP) is 2.10. The fraction of sp³-hybridized carbons (Fsp3) is 0.750. The average molecular weight is 269 g/mol. The van der Waals surface area contributed by atoms with Gasteiger partial charge in [0.25, 0.3) is 0 Å². The Morgan fingerprint density at radius 3 is 3.11 bits per heavy atom. The molecule has 0 spiro atoms. The largest absolute Gasteiger partial charge is 0.487 e. The zero-order valence-corrected chi connectivity index (χ0v) is 11.3. The summed E-state index contributed by atoms with van der Waals surface area (Å²) in [6, 6.07) is 0. The maximum atomic E-state index is 5.85. The Kier molecular flexibility index (Phi) is 3.30. The SMILES string of the molecule is CCOc1c(N)nsc1NCC1CC2CCC1O2. The van der Waals surface area contributed by atoms with Crippen molar-refractivity contribution in [2.75, 3.05) is 24.2 Å². The first-order valence-electron chi connectivity index (χ1n) is 6.55. The monoisotopic (exact) mass is 269 g/mol. The Balaban J connectivity index is 1.60. The van der Waals surface area contributed by atoms with Crippen LogP contribution in [0.2, 0.25) is 0 Å². The smallest absolute Gasteiger partial charge is 0.197 e. The van der Waals surface area contributed by atoms with E-state index in [0.717, 1.165) is 11.5 Å². The number of fused-ring (bicyclic) bond motifs is 2. The molecule has 3 heterocycles. The molecule has 1 aromatic rings. The normalized spacial score (nSPS) is 29.7. The van der Waals surface area contributed by atoms with Gasteiger partial charge in [-0.15, -0.1) is 0 Å². The molecular weight excluding hydrogens is 250 g/mol. The molecule has 0 radical (unpaired) electrons. The summed E-state index contributed by atoms with van der Waals surface area (Å²) >= 11 is 1.37. The van der Waals surface area contributed by atoms with Crippen molar-refractivity contribution in [2.45, 2.75) is 38.4 Å². The second-order valence-corrected chi connectivity index (χ2v) is 5.68. The molecule has 3 rings (SSSR count). The summed E-state index contributed by atoms with van der Waals surface area (Å²) in [6.45, 7) is 3.47. The fourth-order valence-electron chi connectivity index (χ4n) is 2.87. The van der Waals surface area contributed by atoms with Crippen molar-refractivity contribution in [2.24, 2.45) is 5.92 Å². The summed E-state index contributed by atoms with van der Waals surface area (Å²) < 4.78 is 15.5. The minimum absolute atomic E-state index is 0.448. The number of nitrogens with two attached hydrogens (primary N) is 1. The maximum absolute atomic E-state index is 5.85. The predicted molar refractivity (Wildman–Crippen MR) is 72.2 cm³/mol. The number of nitrogens with one attached hydrogen (secondary N) is 1. The molecule has 2 bridgehead atoms. The minimum atomic E-state index is 0.448. The van der Waals surface area contributed by atoms with E-state index in [1.807, 2.05) is 6.92 Å². The van der Waals surface area contributed by atoms with Gasteiger partial charge in [-0.25, -0.2) is 0 Å². The van der Waals surface area contributed by atoms with Crippen molar-refractivity contribution in [1.29, 1.82) is 0 Å². The Morgan fingerprint density at radius 2 is 2.44 bits per heavy atom. The average Bonchev–Trinajstić information content (AvgIpc) is 3.05. The lowest BCUT2D eigenvalue weighted by Gasteiger charge is -2.19. The van der Waals surface area contributed by atoms with E-state index in [2.05, 4.69) is 9.69 Å². The number of hydrogen-bond donors (Lipinski definition) is 2. The second-order valence-electron chi connectivity index (χ2n) is 4.91. The van der Waals surface area contributed by atoms with Gasteiger partial charge in [-0.2, -0.15) is 4.37 Å². The first-order valence-corrected chi connectivity index (χ1v) is 7.32. The lowest BCUT2D eigenvalue weighted by atomic mass is 9.89. The molecule has 100 valence electrons. The van der Waals surface area contributed by atoms with Gasteiger partial charge in [-0.3, -0.25) is 0 Å². The molecule has 0 aromatic carbocycles. The molecule has 2 saturated heterocycles. The zero-order chi connectivity index (χ0) is 12.5. The van der Waals surface area contributed by atoms with Crippen LogP contribution in [0, 0.1) is 5.92 Å². The van der Waals surface area contributed by atoms with Crippen LogP contribution in [0.1, 0.15) is 26.2 Å². The molecule has 1 aromatic heterocycles. The van der Waals surface area contributed by atoms with E-state index in [-0.39, 0.29) is 0 Å². The highest BCUT2D eigenvalue weighted by Gasteiger charge is 2.40. The minimum Gasteiger partial charge on any atom is -0.487 e. The number of nitrogen functional groups attached to an aromatic ring is 1. The third-order valence-corrected chi connectivity index (χ3v) is 4.52. The van der Waals surface area contributed by atoms with E-state index in [9.17, 15) is 0 Å². The van der Waals surface area contributed by atoms with E-state index in [4.69, 9.17) is 15.2 Å². The molecule has 2 aliphatic rings. The molecule has 3 unspecified atom stereocenters. The summed E-state index contributed by atoms with van der Waals surface area (Å²) in [5.74, 6) is 1.79. The summed E-state index contributed by atoms with van der Waals surface area (Å²) in [5, 5.41) is 4.36. The number of anilines is 2. The van der Waals surface area contributed by atoms with Crippen LogP contribution in [0.15, 0.2) is 0 Å². The van der Waals surface area contributed by atoms with Gasteiger partial charge in [0.15, 0.2) is 16.6 Å². The first-order chi connectivity index (χ1) is 8.78. The lowest BCUT2D eigenvalue weighted by molar-refractivity contribution is 0.0941. The molecule has 0 aliphatic carbocycles. The van der Waals surface area contributed by atoms with Crippen molar-refractivity contribution < 1.29 is 9.47 Å². The van der Waals surface area contributed by atoms with Gasteiger partial charge in [-0.1, -0.05) is 0 Å². The van der Waals surface area contributed by atoms with Crippen LogP contribution in [0.4, 0.5) is 10.8 Å². The number of hydrogen-bond acceptors (Lipinski definition) is 6. The molecule has 3 atom stereocenters. The Labute approximate surface area is 111 Å². The third kappa shape index (κ3) is 2.14. The Bertz CT molecular complexity index is 423. The van der Waals surface area contributed by atoms with Crippen molar-refractivity contribution in [3.8, 4) is 5.75 Å². The van der Waals surface area contributed by atoms with E-state index in [0.29, 0.717) is 36.3 Å². The van der Waals surface area contributed by atoms with Crippen LogP contribution >= 0.6 is 11.5 Å². The number of nitrogens with zero attached hydrogens (tertiary/aromatic N) is 1. The fourth-order valence-corrected chi connectivity index (χ4v) is 3.54. The number of ether oxygens (including phenoxy) is 2. The zero-order valence-electron chi connectivity index (χ0n) is 10.5. The van der Waals surface area contributed by atoms with Crippen LogP contribution in [0.5, 0.6) is 5.75 Å². The van der Waals surface area contributed by atoms with E-state index in [1.54, 1.807) is 0 Å². The molecule has 18 heavy (non-hydrogen) atoms. The summed E-state index contributed by atoms with van der Waals surface area (Å²) in [5.41, 5.74) is 5.78. The Morgan fingerprint density at radius 1 is 1.56 bits per heavy atom. The standard InChI is InChI=1S/C12H19N3O2S/c1-2-16-10-11(13)15-18-12(10)14-6-7-5-8-3-4-9(7)17-8/h7-9,14H,2-6H2,1H3,(H2,13,15). The van der Waals surface area contributed by atoms with Crippen molar-refractivity contribution in [3.63, 3.8) is 0 Å². The van der Waals surface area contributed by atoms with Crippen LogP contribution in [-0.2, 0) is 4.74 Å². The van der Waals surface area contributed by atoms with E-state index >= 15 is 0 Å². The highest BCUT2D eigenvalue weighted by atomic mass is 32.1. The highest BCUT2D eigenvalue weighted by molar-refractivity contribution is 7.11. The van der Waals surface area contributed by atoms with Gasteiger partial charge in [0, 0.05) is 12.5 Å². The Hall–Kier alpha value is -1.01. The summed E-state index contributed by atoms with van der Waals surface area (Å²) in [7, 11) is 0. The molecule has 2 fully saturated rings. The van der Waals surface area contributed by atoms with Gasteiger partial charge in [0.05, 0.1) is 18.8 Å². The number of rotatable bonds is 5. The van der Waals surface area contributed by atoms with Crippen molar-refractivity contribution >= 4 is 22.4 Å². The van der Waals surface area contributed by atoms with Crippen LogP contribution in [-0.4, -0.2) is 29.7 Å². The summed E-state index contributed by atoms with van der Waals surface area (Å²) in [6.07, 6.45) is 4.57. The molecule has 0 amide bonds. The molecule has 2 aliphatic heterocycles. The van der Waals surface area contributed by atoms with Crippen LogP contribution in [0.25, 0.3) is 0 Å². The second kappa shape index (κ2) is 4.93. The van der Waals surface area contributed by atoms with Crippen molar-refractivity contribution in [3.05, 3.63) is 0 Å². The summed E-state index contributed by atoms with van der Waals surface area (Å²) in [4.78, 5) is 0. The van der Waals surface area contributed by atoms with Gasteiger partial charge in [-0.05, 0) is 37.7 Å². The molecule has 5 nitrogen and oxygen atoms in total. The highest BCUT2D eigenvalue weighted by Crippen LogP contribution is 2.40. The lowest BCUT2D eigenvalue weighted by Crippen LogP contribution is -2.24. The van der Waals surface area contributed by atoms with Crippen LogP contribution < -0.4 is 15.8 Å². The van der Waals surface area contributed by atoms with E-state index < -0.39 is 0 Å². The molecule has 0 saturated carbocycles. The topological polar surface area (TPSA) is 69.4 Å². The number of aromatic nitrogens is 1. The quantitative estimate of drug-likeness (QED) is 0.856. The van der Waals surface area contributed by atoms with Gasteiger partial charge >= 0.3 is 0 Å². The maximum Gasteiger partial charge on any atom is 0.197 e. The van der Waals surface area contributed by atoms with Crippen molar-refractivity contribution in [1.82, 2.24) is 4.37 Å². The van der Waals surface area contributed by atoms with Crippen LogP contribution in [0.3, 0.4) is 0 Å². The van der Waals surface area contributed by atoms with Gasteiger partial charge < -0.3 is 20.5 Å². The third-order valence-electron chi connectivity index (χ3n) is 3.72. The molecular formula is C12H19N3O2S. The van der Waals surface area contributed by atoms with Gasteiger partial charge in [0.2, 0.25) is 0 Å². The first kappa shape index (κ1) is 12.0. The molecule has 6 heteroatoms. The van der Waals surface area contributed by atoms with E-state index in [1.165, 1.54) is 30.8 Å².